The number of hydrogen-bond acceptors (Lipinski definition) is 2. The largest absolute Gasteiger partial charge is 0.349 e. The Bertz CT molecular complexity index is 474. The van der Waals surface area contributed by atoms with Crippen molar-refractivity contribution in [2.24, 2.45) is 17.6 Å². The van der Waals surface area contributed by atoms with Crippen LogP contribution in [-0.2, 0) is 0 Å². The summed E-state index contributed by atoms with van der Waals surface area (Å²) >= 11 is 3.39. The fraction of sp³-hybridized carbons (Fsp3) is 0.562. The Hall–Kier alpha value is -0.870. The van der Waals surface area contributed by atoms with E-state index >= 15 is 0 Å². The van der Waals surface area contributed by atoms with Crippen LogP contribution < -0.4 is 11.1 Å². The number of nitrogens with one attached hydrogen (secondary N) is 1. The summed E-state index contributed by atoms with van der Waals surface area (Å²) in [6.07, 6.45) is 5.81. The zero-order valence-corrected chi connectivity index (χ0v) is 13.1. The number of halogens is 1. The Kier molecular flexibility index (Phi) is 4.13. The van der Waals surface area contributed by atoms with Crippen molar-refractivity contribution in [2.45, 2.75) is 44.2 Å². The molecule has 1 amide bonds. The fourth-order valence-electron chi connectivity index (χ4n) is 3.86. The van der Waals surface area contributed by atoms with Gasteiger partial charge in [-0.15, -0.1) is 0 Å². The molecule has 2 fully saturated rings. The second kappa shape index (κ2) is 5.86. The molecule has 3 rings (SSSR count). The van der Waals surface area contributed by atoms with Gasteiger partial charge in [0.2, 0.25) is 0 Å². The van der Waals surface area contributed by atoms with Crippen molar-refractivity contribution in [1.29, 1.82) is 0 Å². The van der Waals surface area contributed by atoms with Crippen molar-refractivity contribution in [3.63, 3.8) is 0 Å². The van der Waals surface area contributed by atoms with E-state index in [9.17, 15) is 4.79 Å². The van der Waals surface area contributed by atoms with Gasteiger partial charge in [-0.05, 0) is 61.8 Å². The first kappa shape index (κ1) is 14.1. The summed E-state index contributed by atoms with van der Waals surface area (Å²) < 4.78 is 0.995. The fourth-order valence-corrected chi connectivity index (χ4v) is 4.13. The molecule has 3 N–H and O–H groups in total. The van der Waals surface area contributed by atoms with Gasteiger partial charge < -0.3 is 11.1 Å². The average Bonchev–Trinajstić information content (AvgIpc) is 2.40. The van der Waals surface area contributed by atoms with Crippen LogP contribution in [0.2, 0.25) is 0 Å². The summed E-state index contributed by atoms with van der Waals surface area (Å²) in [4.78, 5) is 12.4. The van der Waals surface area contributed by atoms with Crippen molar-refractivity contribution in [3.05, 3.63) is 34.3 Å². The van der Waals surface area contributed by atoms with Crippen LogP contribution in [0, 0.1) is 11.8 Å². The SMILES string of the molecule is NC1CC2CCCC(C1)C2NC(=O)c1ccc(Br)cc1. The highest BCUT2D eigenvalue weighted by Crippen LogP contribution is 2.39. The monoisotopic (exact) mass is 336 g/mol. The number of amides is 1. The van der Waals surface area contributed by atoms with Crippen LogP contribution in [0.25, 0.3) is 0 Å². The van der Waals surface area contributed by atoms with Crippen LogP contribution in [0.1, 0.15) is 42.5 Å². The van der Waals surface area contributed by atoms with Crippen LogP contribution in [0.15, 0.2) is 28.7 Å². The zero-order chi connectivity index (χ0) is 14.1. The normalized spacial score (nSPS) is 32.7. The van der Waals surface area contributed by atoms with E-state index in [0.717, 1.165) is 22.9 Å². The minimum atomic E-state index is 0.0508. The van der Waals surface area contributed by atoms with E-state index in [1.807, 2.05) is 24.3 Å². The van der Waals surface area contributed by atoms with Gasteiger partial charge in [-0.25, -0.2) is 0 Å². The first-order valence-corrected chi connectivity index (χ1v) is 8.25. The van der Waals surface area contributed by atoms with E-state index in [-0.39, 0.29) is 5.91 Å². The van der Waals surface area contributed by atoms with Gasteiger partial charge in [-0.3, -0.25) is 4.79 Å². The second-order valence-corrected chi connectivity index (χ2v) is 7.10. The molecule has 0 radical (unpaired) electrons. The Morgan fingerprint density at radius 3 is 2.35 bits per heavy atom. The molecule has 1 aromatic rings. The predicted molar refractivity (Wildman–Crippen MR) is 83.4 cm³/mol. The lowest BCUT2D eigenvalue weighted by Gasteiger charge is -2.45. The molecule has 0 aliphatic heterocycles. The van der Waals surface area contributed by atoms with Crippen molar-refractivity contribution in [2.75, 3.05) is 0 Å². The van der Waals surface area contributed by atoms with Crippen LogP contribution in [-0.4, -0.2) is 18.0 Å². The smallest absolute Gasteiger partial charge is 0.251 e. The standard InChI is InChI=1S/C16H21BrN2O/c17-13-6-4-10(5-7-13)16(20)19-15-11-2-1-3-12(15)9-14(18)8-11/h4-7,11-12,14-15H,1-3,8-9,18H2,(H,19,20). The molecule has 2 unspecified atom stereocenters. The topological polar surface area (TPSA) is 55.1 Å². The summed E-state index contributed by atoms with van der Waals surface area (Å²) in [5.41, 5.74) is 6.87. The maximum atomic E-state index is 12.4. The van der Waals surface area contributed by atoms with Crippen molar-refractivity contribution in [3.8, 4) is 0 Å². The third-order valence-corrected chi connectivity index (χ3v) is 5.31. The van der Waals surface area contributed by atoms with Gasteiger partial charge in [0.25, 0.3) is 5.91 Å². The molecule has 0 heterocycles. The lowest BCUT2D eigenvalue weighted by molar-refractivity contribution is 0.0756. The lowest BCUT2D eigenvalue weighted by atomic mass is 9.67. The molecule has 0 spiro atoms. The number of carbonyl (C=O) groups is 1. The lowest BCUT2D eigenvalue weighted by Crippen LogP contribution is -2.53. The molecule has 0 saturated heterocycles. The molecule has 2 bridgehead atoms. The zero-order valence-electron chi connectivity index (χ0n) is 11.5. The molecule has 108 valence electrons. The summed E-state index contributed by atoms with van der Waals surface area (Å²) in [7, 11) is 0. The second-order valence-electron chi connectivity index (χ2n) is 6.19. The van der Waals surface area contributed by atoms with Gasteiger partial charge in [0.1, 0.15) is 0 Å². The molecule has 1 aromatic carbocycles. The van der Waals surface area contributed by atoms with E-state index in [1.54, 1.807) is 0 Å². The van der Waals surface area contributed by atoms with Crippen molar-refractivity contribution in [1.82, 2.24) is 5.32 Å². The Balaban J connectivity index is 1.70. The van der Waals surface area contributed by atoms with E-state index in [1.165, 1.54) is 19.3 Å². The number of nitrogens with two attached hydrogens (primary N) is 1. The van der Waals surface area contributed by atoms with Gasteiger partial charge >= 0.3 is 0 Å². The van der Waals surface area contributed by atoms with E-state index < -0.39 is 0 Å². The van der Waals surface area contributed by atoms with E-state index in [2.05, 4.69) is 21.2 Å². The molecule has 0 aromatic heterocycles. The minimum absolute atomic E-state index is 0.0508. The van der Waals surface area contributed by atoms with Crippen molar-refractivity contribution < 1.29 is 4.79 Å². The number of carbonyl (C=O) groups excluding carboxylic acids is 1. The Morgan fingerprint density at radius 2 is 1.75 bits per heavy atom. The number of rotatable bonds is 2. The third kappa shape index (κ3) is 2.91. The molecular formula is C16H21BrN2O. The summed E-state index contributed by atoms with van der Waals surface area (Å²) in [5.74, 6) is 1.18. The van der Waals surface area contributed by atoms with Gasteiger partial charge in [0, 0.05) is 22.1 Å². The van der Waals surface area contributed by atoms with E-state index in [4.69, 9.17) is 5.73 Å². The highest BCUT2D eigenvalue weighted by atomic mass is 79.9. The maximum absolute atomic E-state index is 12.4. The summed E-state index contributed by atoms with van der Waals surface area (Å²) in [6, 6.07) is 8.19. The quantitative estimate of drug-likeness (QED) is 0.871. The predicted octanol–water partition coefficient (Wildman–Crippen LogP) is 3.08. The van der Waals surface area contributed by atoms with Crippen LogP contribution in [0.5, 0.6) is 0 Å². The highest BCUT2D eigenvalue weighted by molar-refractivity contribution is 9.10. The molecular weight excluding hydrogens is 316 g/mol. The first-order valence-electron chi connectivity index (χ1n) is 7.45. The van der Waals surface area contributed by atoms with Gasteiger partial charge in [0.05, 0.1) is 0 Å². The van der Waals surface area contributed by atoms with Crippen LogP contribution in [0.4, 0.5) is 0 Å². The van der Waals surface area contributed by atoms with Gasteiger partial charge in [-0.2, -0.15) is 0 Å². The molecule has 3 nitrogen and oxygen atoms in total. The highest BCUT2D eigenvalue weighted by Gasteiger charge is 2.39. The Morgan fingerprint density at radius 1 is 1.15 bits per heavy atom. The van der Waals surface area contributed by atoms with Gasteiger partial charge in [0.15, 0.2) is 0 Å². The molecule has 2 aliphatic rings. The maximum Gasteiger partial charge on any atom is 0.251 e. The molecule has 20 heavy (non-hydrogen) atoms. The number of fused-ring (bicyclic) bond motifs is 2. The van der Waals surface area contributed by atoms with E-state index in [0.29, 0.717) is 23.9 Å². The number of benzene rings is 1. The molecule has 2 saturated carbocycles. The van der Waals surface area contributed by atoms with Crippen LogP contribution >= 0.6 is 15.9 Å². The average molecular weight is 337 g/mol. The molecule has 2 aliphatic carbocycles. The van der Waals surface area contributed by atoms with Gasteiger partial charge in [-0.1, -0.05) is 22.4 Å². The van der Waals surface area contributed by atoms with Crippen molar-refractivity contribution >= 4 is 21.8 Å². The van der Waals surface area contributed by atoms with Crippen LogP contribution in [0.3, 0.4) is 0 Å². The number of hydrogen-bond donors (Lipinski definition) is 2. The first-order chi connectivity index (χ1) is 9.63. The summed E-state index contributed by atoms with van der Waals surface area (Å²) in [5, 5.41) is 3.27. The third-order valence-electron chi connectivity index (χ3n) is 4.78. The minimum Gasteiger partial charge on any atom is -0.349 e. The molecule has 2 atom stereocenters. The Labute approximate surface area is 128 Å². The molecule has 4 heteroatoms. The summed E-state index contributed by atoms with van der Waals surface area (Å²) in [6.45, 7) is 0.